The van der Waals surface area contributed by atoms with Crippen molar-refractivity contribution in [1.29, 1.82) is 0 Å². The maximum atomic E-state index is 11.8. The Morgan fingerprint density at radius 1 is 1.40 bits per heavy atom. The molecule has 1 aromatic rings. The van der Waals surface area contributed by atoms with E-state index in [0.29, 0.717) is 5.69 Å². The summed E-state index contributed by atoms with van der Waals surface area (Å²) in [6, 6.07) is 7.16. The van der Waals surface area contributed by atoms with Crippen LogP contribution in [0.25, 0.3) is 0 Å². The number of hydrogen-bond donors (Lipinski definition) is 1. The lowest BCUT2D eigenvalue weighted by atomic mass is 10.3. The quantitative estimate of drug-likeness (QED) is 0.758. The lowest BCUT2D eigenvalue weighted by Gasteiger charge is -2.17. The van der Waals surface area contributed by atoms with Crippen molar-refractivity contribution in [2.45, 2.75) is 6.42 Å². The topological polar surface area (TPSA) is 66.5 Å². The molecule has 0 aliphatic rings. The molecule has 0 saturated carbocycles. The van der Waals surface area contributed by atoms with E-state index in [1.807, 2.05) is 12.1 Å². The van der Waals surface area contributed by atoms with Gasteiger partial charge in [-0.3, -0.25) is 4.79 Å². The fourth-order valence-electron chi connectivity index (χ4n) is 1.52. The minimum Gasteiger partial charge on any atom is -0.326 e. The summed E-state index contributed by atoms with van der Waals surface area (Å²) in [6.45, 7) is 3.84. The number of nitrogens with one attached hydrogen (secondary N) is 1. The largest absolute Gasteiger partial charge is 0.326 e. The number of rotatable bonds is 7. The first-order valence-corrected chi connectivity index (χ1v) is 8.58. The molecule has 0 heterocycles. The first-order chi connectivity index (χ1) is 9.32. The van der Waals surface area contributed by atoms with Gasteiger partial charge in [0.15, 0.2) is 0 Å². The summed E-state index contributed by atoms with van der Waals surface area (Å²) >= 11 is 3.31. The van der Waals surface area contributed by atoms with Crippen LogP contribution in [0.15, 0.2) is 41.4 Å². The zero-order valence-electron chi connectivity index (χ0n) is 11.2. The van der Waals surface area contributed by atoms with Gasteiger partial charge in [-0.2, -0.15) is 4.31 Å². The average molecular weight is 361 g/mol. The molecule has 1 rings (SSSR count). The number of nitrogens with zero attached hydrogens (tertiary/aromatic N) is 1. The smallest absolute Gasteiger partial charge is 0.225 e. The van der Waals surface area contributed by atoms with Crippen molar-refractivity contribution in [1.82, 2.24) is 4.31 Å². The van der Waals surface area contributed by atoms with E-state index in [1.165, 1.54) is 10.4 Å². The summed E-state index contributed by atoms with van der Waals surface area (Å²) in [5.41, 5.74) is 0.674. The number of carbonyl (C=O) groups is 1. The summed E-state index contributed by atoms with van der Waals surface area (Å²) in [6.07, 6.45) is 2.70. The Balaban J connectivity index is 2.53. The van der Waals surface area contributed by atoms with Crippen LogP contribution in [0.1, 0.15) is 6.42 Å². The maximum absolute atomic E-state index is 11.8. The molecule has 0 atom stereocenters. The summed E-state index contributed by atoms with van der Waals surface area (Å²) in [4.78, 5) is 11.8. The SMILES string of the molecule is C=CCN(CCC(=O)Nc1ccc(Br)cc1)S(C)(=O)=O. The number of hydrogen-bond acceptors (Lipinski definition) is 3. The average Bonchev–Trinajstić information content (AvgIpc) is 2.36. The second-order valence-electron chi connectivity index (χ2n) is 4.21. The molecule has 0 radical (unpaired) electrons. The van der Waals surface area contributed by atoms with Crippen molar-refractivity contribution < 1.29 is 13.2 Å². The van der Waals surface area contributed by atoms with Gasteiger partial charge in [0.25, 0.3) is 0 Å². The standard InChI is InChI=1S/C13H17BrN2O3S/c1-3-9-16(20(2,18)19)10-8-13(17)15-12-6-4-11(14)5-7-12/h3-7H,1,8-10H2,2H3,(H,15,17). The molecular formula is C13H17BrN2O3S. The number of benzene rings is 1. The molecule has 0 bridgehead atoms. The van der Waals surface area contributed by atoms with Gasteiger partial charge in [0.2, 0.25) is 15.9 Å². The normalized spacial score (nSPS) is 11.3. The highest BCUT2D eigenvalue weighted by Gasteiger charge is 2.16. The Morgan fingerprint density at radius 3 is 2.50 bits per heavy atom. The second kappa shape index (κ2) is 7.56. The molecule has 0 fully saturated rings. The van der Waals surface area contributed by atoms with Crippen molar-refractivity contribution in [3.63, 3.8) is 0 Å². The summed E-state index contributed by atoms with van der Waals surface area (Å²) in [5, 5.41) is 2.71. The molecular weight excluding hydrogens is 344 g/mol. The first kappa shape index (κ1) is 16.9. The van der Waals surface area contributed by atoms with Crippen molar-refractivity contribution in [3.05, 3.63) is 41.4 Å². The van der Waals surface area contributed by atoms with Gasteiger partial charge >= 0.3 is 0 Å². The van der Waals surface area contributed by atoms with Gasteiger partial charge in [-0.15, -0.1) is 6.58 Å². The van der Waals surface area contributed by atoms with Crippen LogP contribution in [0, 0.1) is 0 Å². The molecule has 5 nitrogen and oxygen atoms in total. The molecule has 20 heavy (non-hydrogen) atoms. The highest BCUT2D eigenvalue weighted by atomic mass is 79.9. The van der Waals surface area contributed by atoms with E-state index in [0.717, 1.165) is 10.7 Å². The lowest BCUT2D eigenvalue weighted by Crippen LogP contribution is -2.33. The van der Waals surface area contributed by atoms with Crippen molar-refractivity contribution in [2.24, 2.45) is 0 Å². The Hall–Kier alpha value is -1.18. The molecule has 0 aliphatic heterocycles. The molecule has 1 amide bonds. The molecule has 0 aliphatic carbocycles. The fraction of sp³-hybridized carbons (Fsp3) is 0.308. The van der Waals surface area contributed by atoms with E-state index in [2.05, 4.69) is 27.8 Å². The lowest BCUT2D eigenvalue weighted by molar-refractivity contribution is -0.116. The predicted octanol–water partition coefficient (Wildman–Crippen LogP) is 2.23. The predicted molar refractivity (Wildman–Crippen MR) is 84.0 cm³/mol. The molecule has 0 saturated heterocycles. The molecule has 1 aromatic carbocycles. The van der Waals surface area contributed by atoms with Gasteiger partial charge in [-0.25, -0.2) is 8.42 Å². The Morgan fingerprint density at radius 2 is 2.00 bits per heavy atom. The van der Waals surface area contributed by atoms with Gasteiger partial charge < -0.3 is 5.32 Å². The molecule has 0 unspecified atom stereocenters. The van der Waals surface area contributed by atoms with Crippen LogP contribution in [0.5, 0.6) is 0 Å². The fourth-order valence-corrected chi connectivity index (χ4v) is 2.58. The van der Waals surface area contributed by atoms with E-state index < -0.39 is 10.0 Å². The highest BCUT2D eigenvalue weighted by molar-refractivity contribution is 9.10. The number of amides is 1. The van der Waals surface area contributed by atoms with E-state index in [-0.39, 0.29) is 25.4 Å². The van der Waals surface area contributed by atoms with E-state index in [1.54, 1.807) is 12.1 Å². The molecule has 0 aromatic heterocycles. The third-order valence-corrected chi connectivity index (χ3v) is 4.32. The number of halogens is 1. The van der Waals surface area contributed by atoms with Gasteiger partial charge in [-0.05, 0) is 24.3 Å². The third-order valence-electron chi connectivity index (χ3n) is 2.52. The maximum Gasteiger partial charge on any atom is 0.225 e. The Kier molecular flexibility index (Phi) is 6.38. The zero-order chi connectivity index (χ0) is 15.2. The minimum atomic E-state index is -3.33. The van der Waals surface area contributed by atoms with E-state index >= 15 is 0 Å². The Bertz CT molecular complexity index is 570. The van der Waals surface area contributed by atoms with Crippen molar-refractivity contribution >= 4 is 37.5 Å². The van der Waals surface area contributed by atoms with Gasteiger partial charge in [0, 0.05) is 29.7 Å². The van der Waals surface area contributed by atoms with Gasteiger partial charge in [-0.1, -0.05) is 22.0 Å². The summed E-state index contributed by atoms with van der Waals surface area (Å²) < 4.78 is 25.1. The van der Waals surface area contributed by atoms with E-state index in [9.17, 15) is 13.2 Å². The van der Waals surface area contributed by atoms with Crippen LogP contribution in [0.3, 0.4) is 0 Å². The van der Waals surface area contributed by atoms with Crippen molar-refractivity contribution in [3.8, 4) is 0 Å². The van der Waals surface area contributed by atoms with Crippen LogP contribution < -0.4 is 5.32 Å². The summed E-state index contributed by atoms with van der Waals surface area (Å²) in [5.74, 6) is -0.231. The first-order valence-electron chi connectivity index (χ1n) is 5.94. The molecule has 0 spiro atoms. The van der Waals surface area contributed by atoms with Crippen molar-refractivity contribution in [2.75, 3.05) is 24.7 Å². The van der Waals surface area contributed by atoms with Gasteiger partial charge in [0.05, 0.1) is 6.26 Å². The van der Waals surface area contributed by atoms with E-state index in [4.69, 9.17) is 0 Å². The van der Waals surface area contributed by atoms with Crippen LogP contribution >= 0.6 is 15.9 Å². The monoisotopic (exact) mass is 360 g/mol. The molecule has 7 heteroatoms. The van der Waals surface area contributed by atoms with Crippen LogP contribution in [-0.2, 0) is 14.8 Å². The van der Waals surface area contributed by atoms with Crippen LogP contribution in [0.2, 0.25) is 0 Å². The number of carbonyl (C=O) groups excluding carboxylic acids is 1. The molecule has 1 N–H and O–H groups in total. The van der Waals surface area contributed by atoms with Crippen LogP contribution in [-0.4, -0.2) is 38.0 Å². The van der Waals surface area contributed by atoms with Crippen LogP contribution in [0.4, 0.5) is 5.69 Å². The minimum absolute atomic E-state index is 0.0942. The zero-order valence-corrected chi connectivity index (χ0v) is 13.6. The number of anilines is 1. The second-order valence-corrected chi connectivity index (χ2v) is 7.11. The Labute approximate surface area is 127 Å². The molecule has 110 valence electrons. The summed E-state index contributed by atoms with van der Waals surface area (Å²) in [7, 11) is -3.33. The number of sulfonamides is 1. The third kappa shape index (κ3) is 5.85. The highest BCUT2D eigenvalue weighted by Crippen LogP contribution is 2.14. The van der Waals surface area contributed by atoms with Gasteiger partial charge in [0.1, 0.15) is 0 Å².